The molecule has 1 aromatic heterocycles. The van der Waals surface area contributed by atoms with E-state index in [2.05, 4.69) is 6.07 Å². The molecule has 1 aliphatic rings. The molecule has 0 bridgehead atoms. The van der Waals surface area contributed by atoms with E-state index in [0.29, 0.717) is 51.1 Å². The molecule has 5 rings (SSSR count). The maximum absolute atomic E-state index is 14.2. The first-order valence-electron chi connectivity index (χ1n) is 15.6. The van der Waals surface area contributed by atoms with Crippen LogP contribution in [0.15, 0.2) is 87.8 Å². The third-order valence-electron chi connectivity index (χ3n) is 7.38. The summed E-state index contributed by atoms with van der Waals surface area (Å²) in [6, 6.07) is 20.4. The number of thiazole rings is 1. The summed E-state index contributed by atoms with van der Waals surface area (Å²) in [5, 5.41) is 0. The summed E-state index contributed by atoms with van der Waals surface area (Å²) < 4.78 is 30.8. The zero-order chi connectivity index (χ0) is 33.5. The number of allylic oxidation sites excluding steroid dienone is 1. The third kappa shape index (κ3) is 7.84. The van der Waals surface area contributed by atoms with Crippen molar-refractivity contribution in [2.75, 3.05) is 26.9 Å². The molecule has 0 aliphatic carbocycles. The summed E-state index contributed by atoms with van der Waals surface area (Å²) in [6.45, 7) is 10.7. The van der Waals surface area contributed by atoms with Crippen molar-refractivity contribution >= 4 is 23.4 Å². The van der Waals surface area contributed by atoms with Crippen molar-refractivity contribution in [2.24, 2.45) is 4.99 Å². The number of hydrogen-bond donors (Lipinski definition) is 0. The van der Waals surface area contributed by atoms with Gasteiger partial charge in [0.15, 0.2) is 16.3 Å². The number of nitrogens with zero attached hydrogens (tertiary/aromatic N) is 2. The highest BCUT2D eigenvalue weighted by Crippen LogP contribution is 2.36. The minimum atomic E-state index is -0.810. The second-order valence-corrected chi connectivity index (χ2v) is 12.3. The summed E-state index contributed by atoms with van der Waals surface area (Å²) in [4.78, 5) is 32.9. The number of aromatic nitrogens is 1. The Morgan fingerprint density at radius 3 is 2.53 bits per heavy atom. The number of benzene rings is 3. The van der Waals surface area contributed by atoms with Crippen LogP contribution < -0.4 is 29.1 Å². The number of aryl methyl sites for hydroxylation is 1. The lowest BCUT2D eigenvalue weighted by Gasteiger charge is -2.27. The Bertz CT molecular complexity index is 1960. The largest absolute Gasteiger partial charge is 0.491 e. The predicted octanol–water partition coefficient (Wildman–Crippen LogP) is 5.50. The van der Waals surface area contributed by atoms with E-state index in [1.54, 1.807) is 17.6 Å². The summed E-state index contributed by atoms with van der Waals surface area (Å²) >= 11 is 1.26. The van der Waals surface area contributed by atoms with Crippen LogP contribution in [0.3, 0.4) is 0 Å². The third-order valence-corrected chi connectivity index (χ3v) is 8.36. The first-order valence-corrected chi connectivity index (χ1v) is 16.4. The quantitative estimate of drug-likeness (QED) is 0.139. The maximum Gasteiger partial charge on any atom is 0.338 e. The average Bonchev–Trinajstić information content (AvgIpc) is 3.34. The Balaban J connectivity index is 1.57. The van der Waals surface area contributed by atoms with E-state index in [0.717, 1.165) is 16.7 Å². The molecule has 1 atom stereocenters. The standard InChI is InChI=1S/C37H40N2O7S/c1-7-43-31-20-26(15-16-30(31)45-22-27-12-10-11-24(4)19-27)21-32-35(40)39-34(28-13-8-9-14-29(28)46-23(2)3)33(25(5)38-37(39)47-32)36(41)44-18-17-42-6/h8-16,19-21,23,34H,7,17-18,22H2,1-6H3/b32-21+/t34-/m0/s1. The monoisotopic (exact) mass is 656 g/mol. The van der Waals surface area contributed by atoms with Crippen LogP contribution in [-0.2, 0) is 20.9 Å². The van der Waals surface area contributed by atoms with Crippen molar-refractivity contribution in [3.8, 4) is 17.2 Å². The van der Waals surface area contributed by atoms with Crippen LogP contribution in [0.5, 0.6) is 17.2 Å². The molecule has 1 aliphatic heterocycles. The van der Waals surface area contributed by atoms with Crippen molar-refractivity contribution in [3.05, 3.63) is 120 Å². The van der Waals surface area contributed by atoms with Crippen LogP contribution >= 0.6 is 11.3 Å². The minimum absolute atomic E-state index is 0.0697. The fraction of sp³-hybridized carbons (Fsp3) is 0.324. The molecule has 0 saturated carbocycles. The normalized spacial score (nSPS) is 14.5. The zero-order valence-electron chi connectivity index (χ0n) is 27.6. The summed E-state index contributed by atoms with van der Waals surface area (Å²) in [6.07, 6.45) is 1.68. The maximum atomic E-state index is 14.2. The van der Waals surface area contributed by atoms with Gasteiger partial charge in [0.25, 0.3) is 5.56 Å². The molecule has 0 amide bonds. The van der Waals surface area contributed by atoms with Crippen molar-refractivity contribution < 1.29 is 28.5 Å². The lowest BCUT2D eigenvalue weighted by Crippen LogP contribution is -2.40. The van der Waals surface area contributed by atoms with Crippen LogP contribution in [0.2, 0.25) is 0 Å². The Morgan fingerprint density at radius 2 is 1.79 bits per heavy atom. The Kier molecular flexibility index (Phi) is 11.0. The molecular formula is C37H40N2O7S. The lowest BCUT2D eigenvalue weighted by molar-refractivity contribution is -0.140. The number of ether oxygens (including phenoxy) is 5. The molecule has 3 aromatic carbocycles. The van der Waals surface area contributed by atoms with Gasteiger partial charge in [-0.1, -0.05) is 65.4 Å². The van der Waals surface area contributed by atoms with Gasteiger partial charge in [0.2, 0.25) is 0 Å². The molecular weight excluding hydrogens is 616 g/mol. The Hall–Kier alpha value is -4.67. The molecule has 47 heavy (non-hydrogen) atoms. The highest BCUT2D eigenvalue weighted by Gasteiger charge is 2.35. The van der Waals surface area contributed by atoms with E-state index < -0.39 is 12.0 Å². The van der Waals surface area contributed by atoms with E-state index in [1.165, 1.54) is 18.4 Å². The number of esters is 1. The van der Waals surface area contributed by atoms with Crippen molar-refractivity contribution in [1.82, 2.24) is 4.57 Å². The molecule has 9 nitrogen and oxygen atoms in total. The highest BCUT2D eigenvalue weighted by molar-refractivity contribution is 7.07. The number of para-hydroxylation sites is 1. The number of fused-ring (bicyclic) bond motifs is 1. The molecule has 0 unspecified atom stereocenters. The molecule has 2 heterocycles. The van der Waals surface area contributed by atoms with Gasteiger partial charge in [0.05, 0.1) is 35.1 Å². The van der Waals surface area contributed by atoms with Gasteiger partial charge in [0, 0.05) is 12.7 Å². The molecule has 0 fully saturated rings. The number of carbonyl (C=O) groups excluding carboxylic acids is 1. The molecule has 246 valence electrons. The van der Waals surface area contributed by atoms with Gasteiger partial charge in [-0.3, -0.25) is 9.36 Å². The number of rotatable bonds is 13. The summed E-state index contributed by atoms with van der Waals surface area (Å²) in [5.74, 6) is 1.20. The lowest BCUT2D eigenvalue weighted by atomic mass is 9.95. The second kappa shape index (κ2) is 15.3. The fourth-order valence-corrected chi connectivity index (χ4v) is 6.40. The van der Waals surface area contributed by atoms with Crippen LogP contribution in [-0.4, -0.2) is 43.6 Å². The predicted molar refractivity (Wildman–Crippen MR) is 182 cm³/mol. The summed E-state index contributed by atoms with van der Waals surface area (Å²) in [7, 11) is 1.54. The van der Waals surface area contributed by atoms with E-state index >= 15 is 0 Å². The molecule has 0 N–H and O–H groups in total. The topological polar surface area (TPSA) is 97.6 Å². The van der Waals surface area contributed by atoms with Crippen LogP contribution in [0.25, 0.3) is 6.08 Å². The first kappa shape index (κ1) is 33.7. The molecule has 10 heteroatoms. The molecule has 0 radical (unpaired) electrons. The van der Waals surface area contributed by atoms with Gasteiger partial charge in [-0.2, -0.15) is 0 Å². The van der Waals surface area contributed by atoms with Gasteiger partial charge in [-0.15, -0.1) is 0 Å². The van der Waals surface area contributed by atoms with Crippen LogP contribution in [0.1, 0.15) is 56.0 Å². The van der Waals surface area contributed by atoms with Gasteiger partial charge < -0.3 is 23.7 Å². The zero-order valence-corrected chi connectivity index (χ0v) is 28.4. The van der Waals surface area contributed by atoms with Crippen molar-refractivity contribution in [2.45, 2.75) is 53.4 Å². The molecule has 4 aromatic rings. The highest BCUT2D eigenvalue weighted by atomic mass is 32.1. The second-order valence-electron chi connectivity index (χ2n) is 11.3. The fourth-order valence-electron chi connectivity index (χ4n) is 5.36. The van der Waals surface area contributed by atoms with Gasteiger partial charge in [0.1, 0.15) is 25.0 Å². The molecule has 0 saturated heterocycles. The van der Waals surface area contributed by atoms with Crippen LogP contribution in [0.4, 0.5) is 0 Å². The smallest absolute Gasteiger partial charge is 0.338 e. The van der Waals surface area contributed by atoms with Gasteiger partial charge in [-0.25, -0.2) is 9.79 Å². The Morgan fingerprint density at radius 1 is 0.979 bits per heavy atom. The van der Waals surface area contributed by atoms with Crippen LogP contribution in [0, 0.1) is 6.92 Å². The van der Waals surface area contributed by atoms with E-state index in [1.807, 2.05) is 88.4 Å². The number of hydrogen-bond acceptors (Lipinski definition) is 9. The van der Waals surface area contributed by atoms with Crippen molar-refractivity contribution in [1.29, 1.82) is 0 Å². The Labute approximate surface area is 278 Å². The van der Waals surface area contributed by atoms with Crippen molar-refractivity contribution in [3.63, 3.8) is 0 Å². The van der Waals surface area contributed by atoms with Gasteiger partial charge in [-0.05, 0) is 70.0 Å². The van der Waals surface area contributed by atoms with E-state index in [-0.39, 0.29) is 30.5 Å². The number of methoxy groups -OCH3 is 1. The average molecular weight is 657 g/mol. The van der Waals surface area contributed by atoms with Gasteiger partial charge >= 0.3 is 5.97 Å². The molecule has 0 spiro atoms. The van der Waals surface area contributed by atoms with E-state index in [4.69, 9.17) is 28.7 Å². The minimum Gasteiger partial charge on any atom is -0.491 e. The summed E-state index contributed by atoms with van der Waals surface area (Å²) in [5.41, 5.74) is 4.10. The first-order chi connectivity index (χ1) is 22.7. The van der Waals surface area contributed by atoms with E-state index in [9.17, 15) is 9.59 Å². The number of carbonyl (C=O) groups is 1. The SMILES string of the molecule is CCOc1cc(/C=c2/sc3n(c2=O)[C@@H](c2ccccc2OC(C)C)C(C(=O)OCCOC)=C(C)N=3)ccc1OCc1cccc(C)c1.